The number of esters is 1. The molecule has 0 aliphatic heterocycles. The molecule has 0 bridgehead atoms. The molecule has 0 aliphatic carbocycles. The van der Waals surface area contributed by atoms with E-state index in [2.05, 4.69) is 15.4 Å². The zero-order valence-corrected chi connectivity index (χ0v) is 12.0. The summed E-state index contributed by atoms with van der Waals surface area (Å²) in [4.78, 5) is 34.6. The van der Waals surface area contributed by atoms with Crippen molar-refractivity contribution in [3.05, 3.63) is 29.8 Å². The van der Waals surface area contributed by atoms with Crippen molar-refractivity contribution < 1.29 is 19.1 Å². The summed E-state index contributed by atoms with van der Waals surface area (Å²) in [6.07, 6.45) is 0. The van der Waals surface area contributed by atoms with E-state index in [4.69, 9.17) is 5.73 Å². The summed E-state index contributed by atoms with van der Waals surface area (Å²) >= 11 is 0. The molecule has 0 radical (unpaired) electrons. The summed E-state index contributed by atoms with van der Waals surface area (Å²) in [5.74, 6) is -1.65. The molecule has 21 heavy (non-hydrogen) atoms. The Labute approximate surface area is 122 Å². The summed E-state index contributed by atoms with van der Waals surface area (Å²) in [7, 11) is 0. The Bertz CT molecular complexity index is 513. The van der Waals surface area contributed by atoms with Gasteiger partial charge in [-0.25, -0.2) is 4.79 Å². The van der Waals surface area contributed by atoms with Gasteiger partial charge in [-0.15, -0.1) is 0 Å². The number of carbonyl (C=O) groups excluding carboxylic acids is 3. The summed E-state index contributed by atoms with van der Waals surface area (Å²) in [6, 6.07) is 4.86. The molecule has 2 amide bonds. The third kappa shape index (κ3) is 4.88. The molecule has 0 fully saturated rings. The minimum Gasteiger partial charge on any atom is -0.464 e. The molecule has 0 aliphatic rings. The van der Waals surface area contributed by atoms with Gasteiger partial charge in [0.1, 0.15) is 0 Å². The molecule has 0 saturated heterocycles. The smallest absolute Gasteiger partial charge is 0.332 e. The van der Waals surface area contributed by atoms with Crippen LogP contribution in [-0.2, 0) is 14.3 Å². The highest BCUT2D eigenvalue weighted by molar-refractivity contribution is 6.08. The first-order valence-corrected chi connectivity index (χ1v) is 6.60. The van der Waals surface area contributed by atoms with Gasteiger partial charge in [-0.3, -0.25) is 9.59 Å². The molecule has 114 valence electrons. The van der Waals surface area contributed by atoms with Gasteiger partial charge in [-0.2, -0.15) is 0 Å². The van der Waals surface area contributed by atoms with Gasteiger partial charge in [0.05, 0.1) is 6.61 Å². The van der Waals surface area contributed by atoms with Crippen LogP contribution in [0.25, 0.3) is 0 Å². The first-order valence-electron chi connectivity index (χ1n) is 6.60. The Morgan fingerprint density at radius 2 is 1.81 bits per heavy atom. The van der Waals surface area contributed by atoms with Gasteiger partial charge in [0.2, 0.25) is 0 Å². The van der Waals surface area contributed by atoms with E-state index in [1.807, 2.05) is 6.92 Å². The van der Waals surface area contributed by atoms with Crippen LogP contribution in [0.5, 0.6) is 0 Å². The number of nitrogens with two attached hydrogens (primary N) is 1. The number of rotatable bonds is 6. The first-order chi connectivity index (χ1) is 9.99. The Balaban J connectivity index is 2.65. The molecule has 4 N–H and O–H groups in total. The third-order valence-corrected chi connectivity index (χ3v) is 2.57. The van der Waals surface area contributed by atoms with Crippen molar-refractivity contribution in [3.8, 4) is 0 Å². The van der Waals surface area contributed by atoms with E-state index in [0.717, 1.165) is 0 Å². The van der Waals surface area contributed by atoms with Crippen molar-refractivity contribution in [3.63, 3.8) is 0 Å². The molecule has 7 nitrogen and oxygen atoms in total. The topological polar surface area (TPSA) is 111 Å². The fourth-order valence-electron chi connectivity index (χ4n) is 1.53. The van der Waals surface area contributed by atoms with E-state index in [0.29, 0.717) is 17.8 Å². The average Bonchev–Trinajstić information content (AvgIpc) is 2.47. The fourth-order valence-corrected chi connectivity index (χ4v) is 1.53. The molecule has 0 aromatic heterocycles. The molecule has 0 spiro atoms. The van der Waals surface area contributed by atoms with E-state index >= 15 is 0 Å². The monoisotopic (exact) mass is 293 g/mol. The number of carbonyl (C=O) groups is 3. The first kappa shape index (κ1) is 16.6. The van der Waals surface area contributed by atoms with Gasteiger partial charge in [-0.05, 0) is 38.1 Å². The fraction of sp³-hybridized carbons (Fsp3) is 0.357. The van der Waals surface area contributed by atoms with Crippen molar-refractivity contribution in [1.82, 2.24) is 5.32 Å². The zero-order chi connectivity index (χ0) is 15.8. The number of anilines is 1. The van der Waals surface area contributed by atoms with Crippen LogP contribution in [-0.4, -0.2) is 37.0 Å². The molecule has 0 heterocycles. The minimum atomic E-state index is -1.38. The van der Waals surface area contributed by atoms with Gasteiger partial charge >= 0.3 is 5.97 Å². The Morgan fingerprint density at radius 1 is 1.19 bits per heavy atom. The highest BCUT2D eigenvalue weighted by Crippen LogP contribution is 2.10. The number of ether oxygens (including phenoxy) is 1. The maximum Gasteiger partial charge on any atom is 0.332 e. The highest BCUT2D eigenvalue weighted by Gasteiger charge is 2.23. The Kier molecular flexibility index (Phi) is 6.35. The standard InChI is InChI=1S/C14H19N3O4/c1-3-16-12(18)9-5-7-10(8-6-9)17-13(19)11(15)14(20)21-4-2/h5-8,11H,3-4,15H2,1-2H3,(H,16,18)(H,17,19). The average molecular weight is 293 g/mol. The van der Waals surface area contributed by atoms with Crippen LogP contribution < -0.4 is 16.4 Å². The zero-order valence-electron chi connectivity index (χ0n) is 12.0. The predicted octanol–water partition coefficient (Wildman–Crippen LogP) is 0.265. The SMILES string of the molecule is CCNC(=O)c1ccc(NC(=O)C(N)C(=O)OCC)cc1. The number of hydrogen-bond acceptors (Lipinski definition) is 5. The summed E-state index contributed by atoms with van der Waals surface area (Å²) in [6.45, 7) is 4.14. The third-order valence-electron chi connectivity index (χ3n) is 2.57. The van der Waals surface area contributed by atoms with Crippen molar-refractivity contribution >= 4 is 23.5 Å². The maximum atomic E-state index is 11.7. The normalized spacial score (nSPS) is 11.4. The van der Waals surface area contributed by atoms with E-state index in [-0.39, 0.29) is 12.5 Å². The van der Waals surface area contributed by atoms with Crippen LogP contribution in [0.1, 0.15) is 24.2 Å². The lowest BCUT2D eigenvalue weighted by atomic mass is 10.2. The van der Waals surface area contributed by atoms with Crippen LogP contribution in [0.15, 0.2) is 24.3 Å². The molecule has 1 rings (SSSR count). The van der Waals surface area contributed by atoms with Gasteiger partial charge in [-0.1, -0.05) is 0 Å². The molecule has 1 atom stereocenters. The Hall–Kier alpha value is -2.41. The largest absolute Gasteiger partial charge is 0.464 e. The minimum absolute atomic E-state index is 0.154. The maximum absolute atomic E-state index is 11.7. The second kappa shape index (κ2) is 8.01. The number of amides is 2. The number of benzene rings is 1. The quantitative estimate of drug-likeness (QED) is 0.515. The molecule has 0 saturated carbocycles. The number of nitrogens with one attached hydrogen (secondary N) is 2. The van der Waals surface area contributed by atoms with Crippen LogP contribution in [0.3, 0.4) is 0 Å². The molecule has 7 heteroatoms. The molecule has 1 aromatic rings. The van der Waals surface area contributed by atoms with Crippen LogP contribution in [0.4, 0.5) is 5.69 Å². The van der Waals surface area contributed by atoms with Crippen molar-refractivity contribution in [2.75, 3.05) is 18.5 Å². The van der Waals surface area contributed by atoms with Crippen LogP contribution in [0.2, 0.25) is 0 Å². The number of hydrogen-bond donors (Lipinski definition) is 3. The lowest BCUT2D eigenvalue weighted by molar-refractivity contribution is -0.146. The highest BCUT2D eigenvalue weighted by atomic mass is 16.5. The Morgan fingerprint density at radius 3 is 2.33 bits per heavy atom. The van der Waals surface area contributed by atoms with Gasteiger partial charge in [0.25, 0.3) is 11.8 Å². The molecular formula is C14H19N3O4. The van der Waals surface area contributed by atoms with Gasteiger partial charge in [0, 0.05) is 17.8 Å². The predicted molar refractivity (Wildman–Crippen MR) is 77.7 cm³/mol. The van der Waals surface area contributed by atoms with Gasteiger partial charge < -0.3 is 21.1 Å². The second-order valence-corrected chi connectivity index (χ2v) is 4.16. The van der Waals surface area contributed by atoms with Crippen molar-refractivity contribution in [1.29, 1.82) is 0 Å². The van der Waals surface area contributed by atoms with Gasteiger partial charge in [0.15, 0.2) is 6.04 Å². The molecular weight excluding hydrogens is 274 g/mol. The lowest BCUT2D eigenvalue weighted by Crippen LogP contribution is -2.43. The van der Waals surface area contributed by atoms with E-state index in [9.17, 15) is 14.4 Å². The van der Waals surface area contributed by atoms with Crippen LogP contribution in [0, 0.1) is 0 Å². The van der Waals surface area contributed by atoms with E-state index in [1.165, 1.54) is 0 Å². The van der Waals surface area contributed by atoms with E-state index in [1.54, 1.807) is 31.2 Å². The lowest BCUT2D eigenvalue weighted by Gasteiger charge is -2.11. The van der Waals surface area contributed by atoms with Crippen LogP contribution >= 0.6 is 0 Å². The molecule has 1 unspecified atom stereocenters. The van der Waals surface area contributed by atoms with Crippen molar-refractivity contribution in [2.45, 2.75) is 19.9 Å². The van der Waals surface area contributed by atoms with Crippen molar-refractivity contribution in [2.24, 2.45) is 5.73 Å². The summed E-state index contributed by atoms with van der Waals surface area (Å²) in [5.41, 5.74) is 6.38. The van der Waals surface area contributed by atoms with E-state index < -0.39 is 17.9 Å². The second-order valence-electron chi connectivity index (χ2n) is 4.16. The summed E-state index contributed by atoms with van der Waals surface area (Å²) < 4.78 is 4.66. The molecule has 1 aromatic carbocycles. The summed E-state index contributed by atoms with van der Waals surface area (Å²) in [5, 5.41) is 5.14.